The molecule has 11 nitrogen and oxygen atoms in total. The average Bonchev–Trinajstić information content (AvgIpc) is 3.21. The van der Waals surface area contributed by atoms with Gasteiger partial charge in [0.05, 0.1) is 11.7 Å². The van der Waals surface area contributed by atoms with Crippen molar-refractivity contribution in [1.82, 2.24) is 4.90 Å². The normalized spacial score (nSPS) is 20.3. The van der Waals surface area contributed by atoms with Gasteiger partial charge in [-0.05, 0) is 31.9 Å². The van der Waals surface area contributed by atoms with Crippen LogP contribution < -0.4 is 11.1 Å². The second kappa shape index (κ2) is 11.7. The van der Waals surface area contributed by atoms with Gasteiger partial charge in [-0.3, -0.25) is 14.5 Å². The third-order valence-corrected chi connectivity index (χ3v) is 7.15. The number of amides is 2. The molecule has 2 aromatic carbocycles. The Kier molecular flexibility index (Phi) is 8.79. The molecule has 1 aliphatic rings. The van der Waals surface area contributed by atoms with Crippen LogP contribution in [0, 0.1) is 0 Å². The third-order valence-electron chi connectivity index (χ3n) is 5.71. The Labute approximate surface area is 223 Å². The van der Waals surface area contributed by atoms with E-state index in [9.17, 15) is 34.2 Å². The van der Waals surface area contributed by atoms with E-state index in [4.69, 9.17) is 10.5 Å². The Morgan fingerprint density at radius 2 is 1.76 bits per heavy atom. The number of hydrogen-bond acceptors (Lipinski definition) is 8. The fourth-order valence-electron chi connectivity index (χ4n) is 4.41. The van der Waals surface area contributed by atoms with Crippen LogP contribution >= 0.6 is 11.8 Å². The van der Waals surface area contributed by atoms with E-state index in [2.05, 4.69) is 5.32 Å². The molecule has 4 atom stereocenters. The van der Waals surface area contributed by atoms with Crippen LogP contribution in [0.4, 0.5) is 10.5 Å². The lowest BCUT2D eigenvalue weighted by molar-refractivity contribution is -0.161. The maximum Gasteiger partial charge on any atom is 0.334 e. The number of benzene rings is 2. The molecular weight excluding hydrogens is 514 g/mol. The highest BCUT2D eigenvalue weighted by Crippen LogP contribution is 2.51. The molecule has 3 rings (SSSR count). The Hall–Kier alpha value is -3.90. The summed E-state index contributed by atoms with van der Waals surface area (Å²) in [5.74, 6) is -3.47. The van der Waals surface area contributed by atoms with Crippen LogP contribution in [0.3, 0.4) is 0 Å². The number of carbonyl (C=O) groups is 5. The summed E-state index contributed by atoms with van der Waals surface area (Å²) >= 11 is 0.774. The molecule has 1 aliphatic heterocycles. The van der Waals surface area contributed by atoms with Gasteiger partial charge in [-0.2, -0.15) is 0 Å². The maximum atomic E-state index is 13.4. The monoisotopic (exact) mass is 543 g/mol. The zero-order chi connectivity index (χ0) is 28.2. The van der Waals surface area contributed by atoms with Gasteiger partial charge in [0.2, 0.25) is 0 Å². The number of para-hydroxylation sites is 1. The number of anilines is 1. The van der Waals surface area contributed by atoms with Crippen LogP contribution in [0.1, 0.15) is 49.5 Å². The SMILES string of the molecule is CC(C)(C)OC(=O)[C@@H]1S[C@@H](C(=O)O)[C@H](c2ccccc2)N1C(C(=O)O)c1cccc(CC=O)c1NC(N)=O. The summed E-state index contributed by atoms with van der Waals surface area (Å²) in [5, 5.41) is 20.5. The number of urea groups is 1. The van der Waals surface area contributed by atoms with Crippen molar-refractivity contribution in [2.24, 2.45) is 5.73 Å². The van der Waals surface area contributed by atoms with Crippen molar-refractivity contribution in [2.75, 3.05) is 5.32 Å². The van der Waals surface area contributed by atoms with Crippen LogP contribution in [-0.4, -0.2) is 61.6 Å². The van der Waals surface area contributed by atoms with Crippen LogP contribution in [0.2, 0.25) is 0 Å². The molecule has 0 saturated carbocycles. The number of nitrogens with two attached hydrogens (primary N) is 1. The van der Waals surface area contributed by atoms with Crippen molar-refractivity contribution in [3.63, 3.8) is 0 Å². The first-order valence-corrected chi connectivity index (χ1v) is 12.6. The molecule has 0 bridgehead atoms. The summed E-state index contributed by atoms with van der Waals surface area (Å²) < 4.78 is 5.56. The minimum atomic E-state index is -1.64. The van der Waals surface area contributed by atoms with Gasteiger partial charge in [-0.15, -0.1) is 11.8 Å². The smallest absolute Gasteiger partial charge is 0.334 e. The first-order valence-electron chi connectivity index (χ1n) is 11.6. The topological polar surface area (TPSA) is 176 Å². The molecule has 0 aromatic heterocycles. The number of nitrogens with zero attached hydrogens (tertiary/aromatic N) is 1. The molecule has 2 aromatic rings. The lowest BCUT2D eigenvalue weighted by Gasteiger charge is -2.36. The van der Waals surface area contributed by atoms with Crippen molar-refractivity contribution < 1.29 is 38.9 Å². The number of esters is 1. The van der Waals surface area contributed by atoms with Crippen LogP contribution in [0.15, 0.2) is 48.5 Å². The standard InChI is InChI=1S/C26H29N3O8S/c1-26(2,3)37-24(35)21-29(18(20(38-21)23(33)34)15-8-5-4-6-9-15)19(22(31)32)16-11-7-10-14(12-13-30)17(16)28-25(27)36/h4-11,13,18-21H,12H2,1-3H3,(H,31,32)(H,33,34)(H3,27,28,36)/t18-,19?,20+,21-/m0/s1. The number of aliphatic carboxylic acids is 2. The number of carboxylic acid groups (broad SMARTS) is 2. The zero-order valence-corrected chi connectivity index (χ0v) is 21.8. The van der Waals surface area contributed by atoms with Gasteiger partial charge in [0.15, 0.2) is 5.37 Å². The molecule has 2 amide bonds. The number of ether oxygens (including phenoxy) is 1. The summed E-state index contributed by atoms with van der Waals surface area (Å²) in [6.45, 7) is 4.93. The van der Waals surface area contributed by atoms with E-state index in [-0.39, 0.29) is 17.7 Å². The number of hydrogen-bond donors (Lipinski definition) is 4. The molecule has 1 fully saturated rings. The highest BCUT2D eigenvalue weighted by molar-refractivity contribution is 8.02. The lowest BCUT2D eigenvalue weighted by atomic mass is 9.93. The van der Waals surface area contributed by atoms with E-state index in [0.717, 1.165) is 11.8 Å². The predicted octanol–water partition coefficient (Wildman–Crippen LogP) is 2.96. The maximum absolute atomic E-state index is 13.4. The molecule has 12 heteroatoms. The van der Waals surface area contributed by atoms with Crippen molar-refractivity contribution in [2.45, 2.75) is 55.5 Å². The second-order valence-electron chi connectivity index (χ2n) is 9.57. The summed E-state index contributed by atoms with van der Waals surface area (Å²) in [6.07, 6.45) is 0.434. The van der Waals surface area contributed by atoms with Crippen LogP contribution in [0.5, 0.6) is 0 Å². The molecule has 0 aliphatic carbocycles. The summed E-state index contributed by atoms with van der Waals surface area (Å²) in [7, 11) is 0. The molecule has 202 valence electrons. The van der Waals surface area contributed by atoms with Gasteiger partial charge in [-0.25, -0.2) is 9.59 Å². The van der Waals surface area contributed by atoms with Crippen LogP contribution in [0.25, 0.3) is 0 Å². The Balaban J connectivity index is 2.30. The Bertz CT molecular complexity index is 1230. The number of aldehydes is 1. The average molecular weight is 544 g/mol. The van der Waals surface area contributed by atoms with Gasteiger partial charge in [0.1, 0.15) is 23.2 Å². The van der Waals surface area contributed by atoms with Gasteiger partial charge >= 0.3 is 23.9 Å². The summed E-state index contributed by atoms with van der Waals surface area (Å²) in [4.78, 5) is 63.2. The molecular formula is C26H29N3O8S. The molecule has 0 radical (unpaired) electrons. The Morgan fingerprint density at radius 1 is 1.11 bits per heavy atom. The largest absolute Gasteiger partial charge is 0.480 e. The lowest BCUT2D eigenvalue weighted by Crippen LogP contribution is -2.45. The highest BCUT2D eigenvalue weighted by Gasteiger charge is 2.55. The first kappa shape index (κ1) is 28.7. The second-order valence-corrected chi connectivity index (χ2v) is 10.8. The first-order chi connectivity index (χ1) is 17.9. The number of nitrogens with one attached hydrogen (secondary N) is 1. The Morgan fingerprint density at radius 3 is 2.29 bits per heavy atom. The molecule has 0 spiro atoms. The van der Waals surface area contributed by atoms with E-state index in [0.29, 0.717) is 17.4 Å². The molecule has 1 saturated heterocycles. The number of carboxylic acids is 2. The summed E-state index contributed by atoms with van der Waals surface area (Å²) in [5.41, 5.74) is 5.22. The van der Waals surface area contributed by atoms with Crippen molar-refractivity contribution >= 4 is 47.7 Å². The van der Waals surface area contributed by atoms with Crippen molar-refractivity contribution in [3.8, 4) is 0 Å². The minimum Gasteiger partial charge on any atom is -0.480 e. The van der Waals surface area contributed by atoms with E-state index in [1.54, 1.807) is 51.1 Å². The predicted molar refractivity (Wildman–Crippen MR) is 139 cm³/mol. The fraction of sp³-hybridized carbons (Fsp3) is 0.346. The molecule has 1 unspecified atom stereocenters. The van der Waals surface area contributed by atoms with Crippen molar-refractivity contribution in [3.05, 3.63) is 65.2 Å². The van der Waals surface area contributed by atoms with Gasteiger partial charge < -0.3 is 30.8 Å². The van der Waals surface area contributed by atoms with Gasteiger partial charge in [0, 0.05) is 12.0 Å². The van der Waals surface area contributed by atoms with Gasteiger partial charge in [0.25, 0.3) is 0 Å². The minimum absolute atomic E-state index is 0.00183. The van der Waals surface area contributed by atoms with E-state index < -0.39 is 52.2 Å². The molecule has 5 N–H and O–H groups in total. The van der Waals surface area contributed by atoms with E-state index in [1.165, 1.54) is 23.1 Å². The fourth-order valence-corrected chi connectivity index (χ4v) is 5.80. The summed E-state index contributed by atoms with van der Waals surface area (Å²) in [6, 6.07) is 9.14. The number of rotatable bonds is 9. The highest BCUT2D eigenvalue weighted by atomic mass is 32.2. The quantitative estimate of drug-likeness (QED) is 0.272. The third kappa shape index (κ3) is 6.32. The zero-order valence-electron chi connectivity index (χ0n) is 21.0. The van der Waals surface area contributed by atoms with E-state index >= 15 is 0 Å². The number of thioether (sulfide) groups is 1. The number of carbonyl (C=O) groups excluding carboxylic acids is 3. The van der Waals surface area contributed by atoms with Gasteiger partial charge in [-0.1, -0.05) is 48.5 Å². The van der Waals surface area contributed by atoms with Crippen molar-refractivity contribution in [1.29, 1.82) is 0 Å². The van der Waals surface area contributed by atoms with Crippen LogP contribution in [-0.2, 0) is 30.3 Å². The number of primary amides is 1. The van der Waals surface area contributed by atoms with E-state index in [1.807, 2.05) is 0 Å². The molecule has 38 heavy (non-hydrogen) atoms. The molecule has 1 heterocycles.